The van der Waals surface area contributed by atoms with Crippen LogP contribution >= 0.6 is 0 Å². The van der Waals surface area contributed by atoms with E-state index in [-0.39, 0.29) is 16.7 Å². The standard InChI is InChI=1S/C18H15FN6O2S/c1-28(26,27)12-4-2-3-11(8-12)22-18-21-9-14(17(20)23-18)16-13-7-10(19)5-6-15(13)24-25-16/h2-9H,1H3,(H,24,25)(H3,20,21,22,23). The molecule has 2 aromatic heterocycles. The first-order valence-electron chi connectivity index (χ1n) is 8.15. The van der Waals surface area contributed by atoms with Crippen LogP contribution < -0.4 is 11.1 Å². The third kappa shape index (κ3) is 3.37. The molecule has 2 aromatic carbocycles. The van der Waals surface area contributed by atoms with Crippen molar-refractivity contribution in [1.29, 1.82) is 0 Å². The van der Waals surface area contributed by atoms with E-state index < -0.39 is 15.7 Å². The number of sulfone groups is 1. The Labute approximate surface area is 159 Å². The number of nitrogen functional groups attached to an aromatic ring is 1. The summed E-state index contributed by atoms with van der Waals surface area (Å²) in [4.78, 5) is 8.59. The fourth-order valence-electron chi connectivity index (χ4n) is 2.76. The van der Waals surface area contributed by atoms with Crippen LogP contribution in [0.4, 0.5) is 21.8 Å². The summed E-state index contributed by atoms with van der Waals surface area (Å²) < 4.78 is 36.9. The van der Waals surface area contributed by atoms with Crippen molar-refractivity contribution in [2.24, 2.45) is 0 Å². The minimum Gasteiger partial charge on any atom is -0.383 e. The Hall–Kier alpha value is -3.53. The van der Waals surface area contributed by atoms with Crippen molar-refractivity contribution < 1.29 is 12.8 Å². The molecule has 10 heteroatoms. The van der Waals surface area contributed by atoms with Gasteiger partial charge in [-0.05, 0) is 36.4 Å². The van der Waals surface area contributed by atoms with E-state index in [9.17, 15) is 12.8 Å². The largest absolute Gasteiger partial charge is 0.383 e. The van der Waals surface area contributed by atoms with E-state index in [4.69, 9.17) is 5.73 Å². The second-order valence-corrected chi connectivity index (χ2v) is 8.20. The van der Waals surface area contributed by atoms with Gasteiger partial charge >= 0.3 is 0 Å². The highest BCUT2D eigenvalue weighted by molar-refractivity contribution is 7.90. The van der Waals surface area contributed by atoms with Crippen molar-refractivity contribution in [3.63, 3.8) is 0 Å². The summed E-state index contributed by atoms with van der Waals surface area (Å²) in [7, 11) is -3.33. The number of aromatic nitrogens is 4. The summed E-state index contributed by atoms with van der Waals surface area (Å²) in [5.74, 6) is -0.0500. The van der Waals surface area contributed by atoms with Gasteiger partial charge in [-0.25, -0.2) is 17.8 Å². The molecule has 0 aliphatic heterocycles. The molecular formula is C18H15FN6O2S. The van der Waals surface area contributed by atoms with Gasteiger partial charge in [0, 0.05) is 23.5 Å². The Morgan fingerprint density at radius 1 is 1.18 bits per heavy atom. The Balaban J connectivity index is 1.68. The van der Waals surface area contributed by atoms with Crippen molar-refractivity contribution in [1.82, 2.24) is 20.2 Å². The van der Waals surface area contributed by atoms with Crippen LogP contribution in [0.3, 0.4) is 0 Å². The quantitative estimate of drug-likeness (QED) is 0.482. The van der Waals surface area contributed by atoms with E-state index in [0.717, 1.165) is 6.26 Å². The van der Waals surface area contributed by atoms with E-state index in [2.05, 4.69) is 25.5 Å². The number of hydrogen-bond acceptors (Lipinski definition) is 7. The molecule has 2 heterocycles. The third-order valence-electron chi connectivity index (χ3n) is 4.12. The number of rotatable bonds is 4. The molecule has 4 rings (SSSR count). The second kappa shape index (κ2) is 6.57. The Bertz CT molecular complexity index is 1300. The molecule has 0 spiro atoms. The monoisotopic (exact) mass is 398 g/mol. The maximum atomic E-state index is 13.6. The highest BCUT2D eigenvalue weighted by Gasteiger charge is 2.14. The number of anilines is 3. The summed E-state index contributed by atoms with van der Waals surface area (Å²) in [5.41, 5.74) is 8.12. The zero-order chi connectivity index (χ0) is 19.9. The average molecular weight is 398 g/mol. The molecule has 4 aromatic rings. The van der Waals surface area contributed by atoms with Gasteiger partial charge in [-0.2, -0.15) is 10.1 Å². The van der Waals surface area contributed by atoms with E-state index in [1.54, 1.807) is 18.2 Å². The molecule has 0 amide bonds. The van der Waals surface area contributed by atoms with Crippen molar-refractivity contribution in [2.75, 3.05) is 17.3 Å². The van der Waals surface area contributed by atoms with Crippen LogP contribution in [-0.4, -0.2) is 34.8 Å². The summed E-state index contributed by atoms with van der Waals surface area (Å²) in [6.07, 6.45) is 2.61. The van der Waals surface area contributed by atoms with E-state index in [1.165, 1.54) is 30.5 Å². The fourth-order valence-corrected chi connectivity index (χ4v) is 3.43. The zero-order valence-corrected chi connectivity index (χ0v) is 15.5. The minimum atomic E-state index is -3.33. The minimum absolute atomic E-state index is 0.148. The third-order valence-corrected chi connectivity index (χ3v) is 5.23. The number of hydrogen-bond donors (Lipinski definition) is 3. The van der Waals surface area contributed by atoms with Crippen LogP contribution in [0.5, 0.6) is 0 Å². The summed E-state index contributed by atoms with van der Waals surface area (Å²) in [6, 6.07) is 10.6. The normalized spacial score (nSPS) is 11.6. The van der Waals surface area contributed by atoms with Gasteiger partial charge < -0.3 is 11.1 Å². The topological polar surface area (TPSA) is 127 Å². The van der Waals surface area contributed by atoms with Gasteiger partial charge in [-0.15, -0.1) is 0 Å². The summed E-state index contributed by atoms with van der Waals surface area (Å²) in [5, 5.41) is 10.5. The number of nitrogens with zero attached hydrogens (tertiary/aromatic N) is 3. The molecular weight excluding hydrogens is 383 g/mol. The highest BCUT2D eigenvalue weighted by Crippen LogP contribution is 2.30. The lowest BCUT2D eigenvalue weighted by atomic mass is 10.1. The number of halogens is 1. The first-order chi connectivity index (χ1) is 13.3. The van der Waals surface area contributed by atoms with Gasteiger partial charge in [-0.3, -0.25) is 5.10 Å². The number of aromatic amines is 1. The van der Waals surface area contributed by atoms with Crippen LogP contribution in [0, 0.1) is 5.82 Å². The second-order valence-electron chi connectivity index (χ2n) is 6.18. The molecule has 0 bridgehead atoms. The predicted molar refractivity (Wildman–Crippen MR) is 104 cm³/mol. The predicted octanol–water partition coefficient (Wildman–Crippen LogP) is 2.89. The number of nitrogens with two attached hydrogens (primary N) is 1. The first kappa shape index (κ1) is 17.9. The lowest BCUT2D eigenvalue weighted by Crippen LogP contribution is -2.03. The van der Waals surface area contributed by atoms with Gasteiger partial charge in [0.15, 0.2) is 9.84 Å². The van der Waals surface area contributed by atoms with Crippen LogP contribution in [-0.2, 0) is 9.84 Å². The molecule has 0 atom stereocenters. The highest BCUT2D eigenvalue weighted by atomic mass is 32.2. The van der Waals surface area contributed by atoms with Gasteiger partial charge in [0.05, 0.1) is 16.0 Å². The lowest BCUT2D eigenvalue weighted by Gasteiger charge is -2.08. The number of fused-ring (bicyclic) bond motifs is 1. The average Bonchev–Trinajstić information content (AvgIpc) is 3.04. The van der Waals surface area contributed by atoms with Gasteiger partial charge in [0.25, 0.3) is 0 Å². The van der Waals surface area contributed by atoms with Gasteiger partial charge in [-0.1, -0.05) is 6.07 Å². The fraction of sp³-hybridized carbons (Fsp3) is 0.0556. The van der Waals surface area contributed by atoms with Crippen molar-refractivity contribution in [3.8, 4) is 11.3 Å². The molecule has 0 saturated carbocycles. The summed E-state index contributed by atoms with van der Waals surface area (Å²) >= 11 is 0. The molecule has 142 valence electrons. The molecule has 4 N–H and O–H groups in total. The zero-order valence-electron chi connectivity index (χ0n) is 14.6. The number of H-pyrrole nitrogens is 1. The van der Waals surface area contributed by atoms with E-state index in [0.29, 0.717) is 27.8 Å². The molecule has 0 saturated heterocycles. The van der Waals surface area contributed by atoms with Crippen molar-refractivity contribution >= 4 is 38.2 Å². The van der Waals surface area contributed by atoms with Crippen LogP contribution in [0.25, 0.3) is 22.2 Å². The molecule has 28 heavy (non-hydrogen) atoms. The maximum absolute atomic E-state index is 13.6. The van der Waals surface area contributed by atoms with Crippen molar-refractivity contribution in [3.05, 3.63) is 54.5 Å². The number of nitrogens with one attached hydrogen (secondary N) is 2. The molecule has 0 radical (unpaired) electrons. The maximum Gasteiger partial charge on any atom is 0.229 e. The van der Waals surface area contributed by atoms with E-state index >= 15 is 0 Å². The Morgan fingerprint density at radius 2 is 2.00 bits per heavy atom. The van der Waals surface area contributed by atoms with Crippen LogP contribution in [0.2, 0.25) is 0 Å². The van der Waals surface area contributed by atoms with Gasteiger partial charge in [0.2, 0.25) is 5.95 Å². The molecule has 8 nitrogen and oxygen atoms in total. The molecule has 0 unspecified atom stereocenters. The molecule has 0 aliphatic carbocycles. The van der Waals surface area contributed by atoms with E-state index in [1.807, 2.05) is 0 Å². The van der Waals surface area contributed by atoms with Gasteiger partial charge in [0.1, 0.15) is 17.3 Å². The first-order valence-corrected chi connectivity index (χ1v) is 10.0. The lowest BCUT2D eigenvalue weighted by molar-refractivity contribution is 0.602. The molecule has 0 fully saturated rings. The van der Waals surface area contributed by atoms with Crippen LogP contribution in [0.15, 0.2) is 53.6 Å². The Kier molecular flexibility index (Phi) is 4.19. The smallest absolute Gasteiger partial charge is 0.229 e. The van der Waals surface area contributed by atoms with Crippen LogP contribution in [0.1, 0.15) is 0 Å². The molecule has 0 aliphatic rings. The SMILES string of the molecule is CS(=O)(=O)c1cccc(Nc2ncc(-c3n[nH]c4ccc(F)cc34)c(N)n2)c1. The summed E-state index contributed by atoms with van der Waals surface area (Å²) in [6.45, 7) is 0. The number of benzene rings is 2. The van der Waals surface area contributed by atoms with Crippen molar-refractivity contribution in [2.45, 2.75) is 4.90 Å². The Morgan fingerprint density at radius 3 is 2.75 bits per heavy atom.